The molecule has 2 heterocycles. The molecule has 4 rings (SSSR count). The highest BCUT2D eigenvalue weighted by Crippen LogP contribution is 2.49. The predicted molar refractivity (Wildman–Crippen MR) is 156 cm³/mol. The van der Waals surface area contributed by atoms with Crippen molar-refractivity contribution < 1.29 is 23.5 Å². The Morgan fingerprint density at radius 1 is 1.05 bits per heavy atom. The van der Waals surface area contributed by atoms with Gasteiger partial charge >= 0.3 is 6.09 Å². The van der Waals surface area contributed by atoms with E-state index in [0.717, 1.165) is 22.6 Å². The quantitative estimate of drug-likeness (QED) is 0.375. The van der Waals surface area contributed by atoms with E-state index >= 15 is 4.39 Å². The first kappa shape index (κ1) is 29.6. The van der Waals surface area contributed by atoms with Gasteiger partial charge < -0.3 is 14.4 Å². The summed E-state index contributed by atoms with van der Waals surface area (Å²) in [5.41, 5.74) is 1.12. The smallest absolute Gasteiger partial charge is 0.412 e. The van der Waals surface area contributed by atoms with Crippen LogP contribution >= 0.6 is 23.5 Å². The molecule has 212 valence electrons. The fourth-order valence-corrected chi connectivity index (χ4v) is 8.01. The molecule has 2 aromatic carbocycles. The second-order valence-corrected chi connectivity index (χ2v) is 14.8. The first-order valence-corrected chi connectivity index (χ1v) is 15.4. The van der Waals surface area contributed by atoms with Crippen LogP contribution in [0.25, 0.3) is 0 Å². The van der Waals surface area contributed by atoms with Gasteiger partial charge in [-0.2, -0.15) is 0 Å². The number of likely N-dealkylation sites (N-methyl/N-ethyl adjacent to an activating group) is 1. The van der Waals surface area contributed by atoms with Crippen LogP contribution in [0.4, 0.5) is 9.18 Å². The van der Waals surface area contributed by atoms with Gasteiger partial charge in [-0.1, -0.05) is 51.1 Å². The van der Waals surface area contributed by atoms with Crippen molar-refractivity contribution in [1.29, 1.82) is 0 Å². The molecule has 2 amide bonds. The summed E-state index contributed by atoms with van der Waals surface area (Å²) in [5, 5.41) is 0. The molecule has 0 unspecified atom stereocenters. The minimum absolute atomic E-state index is 0.0504. The molecule has 2 aliphatic heterocycles. The molecular weight excluding hydrogens is 535 g/mol. The van der Waals surface area contributed by atoms with Gasteiger partial charge in [0.2, 0.25) is 5.91 Å². The Hall–Kier alpha value is -2.39. The van der Waals surface area contributed by atoms with Gasteiger partial charge in [-0.05, 0) is 38.0 Å². The number of rotatable bonds is 6. The van der Waals surface area contributed by atoms with Crippen LogP contribution in [0.15, 0.2) is 42.5 Å². The van der Waals surface area contributed by atoms with Crippen LogP contribution in [0.3, 0.4) is 0 Å². The fraction of sp³-hybridized carbons (Fsp3) is 0.533. The van der Waals surface area contributed by atoms with Gasteiger partial charge in [-0.3, -0.25) is 9.69 Å². The highest BCUT2D eigenvalue weighted by Gasteiger charge is 2.52. The van der Waals surface area contributed by atoms with Crippen LogP contribution in [0.2, 0.25) is 0 Å². The van der Waals surface area contributed by atoms with E-state index in [0.29, 0.717) is 17.9 Å². The number of ether oxygens (including phenoxy) is 2. The first-order valence-electron chi connectivity index (χ1n) is 13.3. The van der Waals surface area contributed by atoms with Crippen molar-refractivity contribution in [2.45, 2.75) is 77.0 Å². The molecule has 2 aliphatic rings. The van der Waals surface area contributed by atoms with E-state index in [1.54, 1.807) is 56.2 Å². The lowest BCUT2D eigenvalue weighted by Crippen LogP contribution is -2.52. The largest absolute Gasteiger partial charge is 0.488 e. The molecule has 0 aromatic heterocycles. The van der Waals surface area contributed by atoms with Crippen molar-refractivity contribution in [1.82, 2.24) is 9.80 Å². The summed E-state index contributed by atoms with van der Waals surface area (Å²) in [5.74, 6) is 1.85. The average molecular weight is 575 g/mol. The van der Waals surface area contributed by atoms with Crippen molar-refractivity contribution in [3.05, 3.63) is 65.0 Å². The number of amides is 2. The van der Waals surface area contributed by atoms with Crippen LogP contribution in [0.5, 0.6) is 5.75 Å². The summed E-state index contributed by atoms with van der Waals surface area (Å²) >= 11 is 3.61. The Balaban J connectivity index is 1.68. The number of hydrogen-bond donors (Lipinski definition) is 0. The second-order valence-electron chi connectivity index (χ2n) is 12.1. The number of hydrogen-bond acceptors (Lipinski definition) is 6. The molecule has 9 heteroatoms. The van der Waals surface area contributed by atoms with Crippen LogP contribution in [0, 0.1) is 11.2 Å². The highest BCUT2D eigenvalue weighted by atomic mass is 32.2. The van der Waals surface area contributed by atoms with Gasteiger partial charge in [-0.15, -0.1) is 23.5 Å². The minimum atomic E-state index is -0.878. The molecule has 0 saturated carbocycles. The summed E-state index contributed by atoms with van der Waals surface area (Å²) in [6, 6.07) is 12.2. The van der Waals surface area contributed by atoms with E-state index in [1.165, 1.54) is 11.0 Å². The van der Waals surface area contributed by atoms with E-state index < -0.39 is 35.1 Å². The molecule has 0 aliphatic carbocycles. The SMILES string of the molecule is CN1C(=O)[C@H](Cc2cc(C3SCCS3)c(OCc3ccccc3)cc2F)N(C(=O)OC(C)(C)C)[C@H]1C(C)(C)C. The number of carbonyl (C=O) groups is 2. The van der Waals surface area contributed by atoms with Crippen molar-refractivity contribution in [3.63, 3.8) is 0 Å². The van der Waals surface area contributed by atoms with E-state index in [1.807, 2.05) is 57.2 Å². The van der Waals surface area contributed by atoms with E-state index in [2.05, 4.69) is 0 Å². The van der Waals surface area contributed by atoms with Gasteiger partial charge in [0.1, 0.15) is 36.0 Å². The summed E-state index contributed by atoms with van der Waals surface area (Å²) in [4.78, 5) is 30.1. The van der Waals surface area contributed by atoms with Crippen LogP contribution in [-0.2, 0) is 22.6 Å². The average Bonchev–Trinajstić information content (AvgIpc) is 3.46. The first-order chi connectivity index (χ1) is 18.3. The normalized spacial score (nSPS) is 20.6. The highest BCUT2D eigenvalue weighted by molar-refractivity contribution is 8.19. The third kappa shape index (κ3) is 6.85. The number of thioether (sulfide) groups is 2. The number of nitrogens with zero attached hydrogens (tertiary/aromatic N) is 2. The van der Waals surface area contributed by atoms with Gasteiger partial charge in [0.25, 0.3) is 0 Å². The standard InChI is InChI=1S/C30H39FN2O4S2/c1-29(2,3)27-32(7)25(34)23(33(27)28(35)37-30(4,5)6)16-20-15-21(26-38-13-14-39-26)24(17-22(20)31)36-18-19-11-9-8-10-12-19/h8-12,15,17,23,26-27H,13-14,16,18H2,1-7H3/t23-,27-/m0/s1. The summed E-state index contributed by atoms with van der Waals surface area (Å²) in [6.07, 6.45) is -1.05. The third-order valence-electron chi connectivity index (χ3n) is 6.68. The Kier molecular flexibility index (Phi) is 8.81. The van der Waals surface area contributed by atoms with Gasteiger partial charge in [0, 0.05) is 42.0 Å². The maximum absolute atomic E-state index is 15.7. The maximum atomic E-state index is 15.7. The molecule has 0 spiro atoms. The van der Waals surface area contributed by atoms with Gasteiger partial charge in [0.15, 0.2) is 0 Å². The zero-order valence-electron chi connectivity index (χ0n) is 23.8. The molecule has 2 fully saturated rings. The Morgan fingerprint density at radius 2 is 1.69 bits per heavy atom. The lowest BCUT2D eigenvalue weighted by atomic mass is 9.91. The molecule has 0 N–H and O–H groups in total. The second kappa shape index (κ2) is 11.6. The Bertz CT molecular complexity index is 1190. The zero-order chi connectivity index (χ0) is 28.5. The summed E-state index contributed by atoms with van der Waals surface area (Å²) in [7, 11) is 1.70. The number of halogens is 1. The lowest BCUT2D eigenvalue weighted by Gasteiger charge is -2.39. The minimum Gasteiger partial charge on any atom is -0.488 e. The topological polar surface area (TPSA) is 59.1 Å². The molecule has 2 saturated heterocycles. The molecular formula is C30H39FN2O4S2. The maximum Gasteiger partial charge on any atom is 0.412 e. The van der Waals surface area contributed by atoms with E-state index in [9.17, 15) is 9.59 Å². The van der Waals surface area contributed by atoms with Crippen molar-refractivity contribution >= 4 is 35.5 Å². The van der Waals surface area contributed by atoms with Crippen molar-refractivity contribution in [3.8, 4) is 5.75 Å². The van der Waals surface area contributed by atoms with Crippen LogP contribution < -0.4 is 4.74 Å². The Morgan fingerprint density at radius 3 is 2.28 bits per heavy atom. The third-order valence-corrected chi connectivity index (χ3v) is 9.75. The molecule has 0 bridgehead atoms. The molecule has 39 heavy (non-hydrogen) atoms. The van der Waals surface area contributed by atoms with Crippen LogP contribution in [0.1, 0.15) is 62.8 Å². The molecule has 6 nitrogen and oxygen atoms in total. The zero-order valence-corrected chi connectivity index (χ0v) is 25.5. The van der Waals surface area contributed by atoms with Gasteiger partial charge in [0.05, 0.1) is 4.58 Å². The predicted octanol–water partition coefficient (Wildman–Crippen LogP) is 6.88. The van der Waals surface area contributed by atoms with Crippen molar-refractivity contribution in [2.24, 2.45) is 5.41 Å². The number of benzene rings is 2. The van der Waals surface area contributed by atoms with Crippen molar-refractivity contribution in [2.75, 3.05) is 18.6 Å². The van der Waals surface area contributed by atoms with E-state index in [-0.39, 0.29) is 16.9 Å². The van der Waals surface area contributed by atoms with Crippen LogP contribution in [-0.4, -0.2) is 58.2 Å². The molecule has 0 radical (unpaired) electrons. The fourth-order valence-electron chi connectivity index (χ4n) is 5.12. The Labute approximate surface area is 240 Å². The van der Waals surface area contributed by atoms with E-state index in [4.69, 9.17) is 9.47 Å². The monoisotopic (exact) mass is 574 g/mol. The van der Waals surface area contributed by atoms with Gasteiger partial charge in [-0.25, -0.2) is 9.18 Å². The number of carbonyl (C=O) groups excluding carboxylic acids is 2. The molecule has 2 atom stereocenters. The summed E-state index contributed by atoms with van der Waals surface area (Å²) < 4.78 is 27.7. The summed E-state index contributed by atoms with van der Waals surface area (Å²) in [6.45, 7) is 11.7. The lowest BCUT2D eigenvalue weighted by molar-refractivity contribution is -0.129. The molecule has 2 aromatic rings.